The van der Waals surface area contributed by atoms with Crippen LogP contribution in [0.15, 0.2) is 0 Å². The minimum Gasteiger partial charge on any atom is -0.475 e. The summed E-state index contributed by atoms with van der Waals surface area (Å²) in [6, 6.07) is -0.954. The summed E-state index contributed by atoms with van der Waals surface area (Å²) in [5.74, 6) is -2.97. The molecule has 11 heavy (non-hydrogen) atoms. The fourth-order valence-corrected chi connectivity index (χ4v) is 0.556. The number of carbonyl (C=O) groups is 3. The van der Waals surface area contributed by atoms with Crippen molar-refractivity contribution in [3.05, 3.63) is 0 Å². The number of aliphatic carboxylic acids is 1. The van der Waals surface area contributed by atoms with E-state index >= 15 is 0 Å². The number of hydrogen-bond acceptors (Lipinski definition) is 3. The average molecular weight is 159 g/mol. The Morgan fingerprint density at radius 2 is 1.82 bits per heavy atom. The standard InChI is InChI=1S/C6H9NO4/c1-3(7-4(2)8)5(9)6(10)11/h3H,1-2H3,(H,7,8)(H,10,11). The highest BCUT2D eigenvalue weighted by Gasteiger charge is 2.20. The molecule has 0 aliphatic carbocycles. The van der Waals surface area contributed by atoms with Crippen LogP contribution in [0.5, 0.6) is 0 Å². The van der Waals surface area contributed by atoms with Crippen LogP contribution in [-0.4, -0.2) is 28.8 Å². The van der Waals surface area contributed by atoms with Crippen molar-refractivity contribution in [3.8, 4) is 0 Å². The van der Waals surface area contributed by atoms with Crippen LogP contribution >= 0.6 is 0 Å². The molecule has 0 rings (SSSR count). The van der Waals surface area contributed by atoms with Crippen LogP contribution in [0.3, 0.4) is 0 Å². The molecule has 0 fully saturated rings. The van der Waals surface area contributed by atoms with E-state index in [9.17, 15) is 14.4 Å². The van der Waals surface area contributed by atoms with Crippen LogP contribution in [0.4, 0.5) is 0 Å². The molecule has 62 valence electrons. The summed E-state index contributed by atoms with van der Waals surface area (Å²) in [5, 5.41) is 10.3. The summed E-state index contributed by atoms with van der Waals surface area (Å²) in [5.41, 5.74) is 0. The molecule has 1 amide bonds. The first kappa shape index (κ1) is 9.61. The van der Waals surface area contributed by atoms with Gasteiger partial charge < -0.3 is 10.4 Å². The third-order valence-electron chi connectivity index (χ3n) is 1.02. The highest BCUT2D eigenvalue weighted by atomic mass is 16.4. The zero-order valence-corrected chi connectivity index (χ0v) is 6.25. The lowest BCUT2D eigenvalue weighted by atomic mass is 10.2. The minimum atomic E-state index is -1.54. The quantitative estimate of drug-likeness (QED) is 0.526. The number of carboxylic acid groups (broad SMARTS) is 1. The number of nitrogens with one attached hydrogen (secondary N) is 1. The second kappa shape index (κ2) is 3.70. The van der Waals surface area contributed by atoms with Crippen LogP contribution in [-0.2, 0) is 14.4 Å². The van der Waals surface area contributed by atoms with Crippen LogP contribution in [0.1, 0.15) is 13.8 Å². The van der Waals surface area contributed by atoms with E-state index in [4.69, 9.17) is 5.11 Å². The van der Waals surface area contributed by atoms with Crippen molar-refractivity contribution in [3.63, 3.8) is 0 Å². The van der Waals surface area contributed by atoms with Gasteiger partial charge >= 0.3 is 5.97 Å². The van der Waals surface area contributed by atoms with E-state index in [-0.39, 0.29) is 0 Å². The predicted octanol–water partition coefficient (Wildman–Crippen LogP) is -0.835. The average Bonchev–Trinajstić information content (AvgIpc) is 1.84. The first-order valence-electron chi connectivity index (χ1n) is 2.99. The fraction of sp³-hybridized carbons (Fsp3) is 0.500. The highest BCUT2D eigenvalue weighted by molar-refractivity contribution is 6.35. The molecular formula is C6H9NO4. The van der Waals surface area contributed by atoms with Crippen molar-refractivity contribution in [2.45, 2.75) is 19.9 Å². The third kappa shape index (κ3) is 3.34. The first-order valence-corrected chi connectivity index (χ1v) is 2.99. The van der Waals surface area contributed by atoms with Crippen LogP contribution in [0.25, 0.3) is 0 Å². The van der Waals surface area contributed by atoms with E-state index in [0.29, 0.717) is 0 Å². The van der Waals surface area contributed by atoms with Gasteiger partial charge in [-0.2, -0.15) is 0 Å². The summed E-state index contributed by atoms with van der Waals surface area (Å²) in [4.78, 5) is 30.9. The SMILES string of the molecule is CC(=O)NC(C)C(=O)C(=O)O. The molecule has 0 aromatic rings. The largest absolute Gasteiger partial charge is 0.475 e. The van der Waals surface area contributed by atoms with Gasteiger partial charge in [0.2, 0.25) is 5.91 Å². The lowest BCUT2D eigenvalue weighted by molar-refractivity contribution is -0.150. The molecule has 0 aromatic carbocycles. The van der Waals surface area contributed by atoms with E-state index in [2.05, 4.69) is 5.32 Å². The van der Waals surface area contributed by atoms with Crippen molar-refractivity contribution in [2.24, 2.45) is 0 Å². The normalized spacial score (nSPS) is 11.8. The minimum absolute atomic E-state index is 0.424. The molecule has 5 heteroatoms. The van der Waals surface area contributed by atoms with Gasteiger partial charge in [0.15, 0.2) is 0 Å². The van der Waals surface area contributed by atoms with Crippen molar-refractivity contribution in [1.82, 2.24) is 5.32 Å². The number of rotatable bonds is 3. The van der Waals surface area contributed by atoms with E-state index in [1.165, 1.54) is 13.8 Å². The van der Waals surface area contributed by atoms with Gasteiger partial charge in [-0.1, -0.05) is 0 Å². The number of amides is 1. The topological polar surface area (TPSA) is 83.5 Å². The van der Waals surface area contributed by atoms with Crippen molar-refractivity contribution < 1.29 is 19.5 Å². The Balaban J connectivity index is 4.03. The molecule has 0 aromatic heterocycles. The van der Waals surface area contributed by atoms with E-state index in [0.717, 1.165) is 0 Å². The molecule has 0 heterocycles. The summed E-state index contributed by atoms with van der Waals surface area (Å²) in [7, 11) is 0. The second-order valence-electron chi connectivity index (χ2n) is 2.09. The third-order valence-corrected chi connectivity index (χ3v) is 1.02. The summed E-state index contributed by atoms with van der Waals surface area (Å²) >= 11 is 0. The molecule has 0 bridgehead atoms. The van der Waals surface area contributed by atoms with E-state index in [1.807, 2.05) is 0 Å². The fourth-order valence-electron chi connectivity index (χ4n) is 0.556. The Hall–Kier alpha value is -1.39. The van der Waals surface area contributed by atoms with Crippen LogP contribution < -0.4 is 5.32 Å². The maximum Gasteiger partial charge on any atom is 0.374 e. The van der Waals surface area contributed by atoms with E-state index in [1.54, 1.807) is 0 Å². The zero-order valence-electron chi connectivity index (χ0n) is 6.25. The zero-order chi connectivity index (χ0) is 9.02. The van der Waals surface area contributed by atoms with Gasteiger partial charge in [0.25, 0.3) is 5.78 Å². The maximum atomic E-state index is 10.6. The molecule has 0 aliphatic rings. The Morgan fingerprint density at radius 1 is 1.36 bits per heavy atom. The van der Waals surface area contributed by atoms with Gasteiger partial charge in [0.05, 0.1) is 6.04 Å². The predicted molar refractivity (Wildman–Crippen MR) is 35.9 cm³/mol. The Morgan fingerprint density at radius 3 is 2.09 bits per heavy atom. The molecule has 5 nitrogen and oxygen atoms in total. The Kier molecular flexibility index (Phi) is 3.23. The summed E-state index contributed by atoms with van der Waals surface area (Å²) < 4.78 is 0. The van der Waals surface area contributed by atoms with Crippen LogP contribution in [0, 0.1) is 0 Å². The molecule has 1 unspecified atom stereocenters. The smallest absolute Gasteiger partial charge is 0.374 e. The van der Waals surface area contributed by atoms with Gasteiger partial charge in [0, 0.05) is 6.92 Å². The molecule has 2 N–H and O–H groups in total. The molecule has 0 aliphatic heterocycles. The molecule has 1 atom stereocenters. The number of Topliss-reactive ketones (excluding diaryl/α,β-unsaturated/α-hetero) is 1. The van der Waals surface area contributed by atoms with Crippen LogP contribution in [0.2, 0.25) is 0 Å². The number of carboxylic acids is 1. The number of carbonyl (C=O) groups excluding carboxylic acids is 2. The molecular weight excluding hydrogens is 150 g/mol. The number of hydrogen-bond donors (Lipinski definition) is 2. The van der Waals surface area contributed by atoms with Crippen molar-refractivity contribution >= 4 is 17.7 Å². The lowest BCUT2D eigenvalue weighted by Crippen LogP contribution is -2.40. The Bertz CT molecular complexity index is 199. The molecule has 0 saturated carbocycles. The molecule has 0 spiro atoms. The highest BCUT2D eigenvalue weighted by Crippen LogP contribution is 1.84. The second-order valence-corrected chi connectivity index (χ2v) is 2.09. The summed E-state index contributed by atoms with van der Waals surface area (Å²) in [6.45, 7) is 2.53. The van der Waals surface area contributed by atoms with Crippen molar-refractivity contribution in [1.29, 1.82) is 0 Å². The first-order chi connectivity index (χ1) is 4.95. The lowest BCUT2D eigenvalue weighted by Gasteiger charge is -2.06. The number of ketones is 1. The van der Waals surface area contributed by atoms with Gasteiger partial charge in [0.1, 0.15) is 0 Å². The van der Waals surface area contributed by atoms with Gasteiger partial charge in [-0.3, -0.25) is 9.59 Å². The van der Waals surface area contributed by atoms with Gasteiger partial charge in [-0.15, -0.1) is 0 Å². The summed E-state index contributed by atoms with van der Waals surface area (Å²) in [6.07, 6.45) is 0. The maximum absolute atomic E-state index is 10.6. The van der Waals surface area contributed by atoms with Gasteiger partial charge in [-0.05, 0) is 6.92 Å². The monoisotopic (exact) mass is 159 g/mol. The molecule has 0 saturated heterocycles. The van der Waals surface area contributed by atoms with Gasteiger partial charge in [-0.25, -0.2) is 4.79 Å². The Labute approximate surface area is 63.4 Å². The van der Waals surface area contributed by atoms with E-state index < -0.39 is 23.7 Å². The van der Waals surface area contributed by atoms with Crippen molar-refractivity contribution in [2.75, 3.05) is 0 Å². The molecule has 0 radical (unpaired) electrons.